The number of primary amides is 1. The zero-order chi connectivity index (χ0) is 25.1. The molecule has 1 fully saturated rings. The highest BCUT2D eigenvalue weighted by Crippen LogP contribution is 2.35. The molecule has 1 aliphatic rings. The standard InChI is InChI=1S/C26H29N5O3S/c1-15-11-13-17(14-12-15)22(25(33)29-18-8-4-5-9-18)31(19-10-6-3-7-16(19)2)26(34)23-20(27)21(24(28)32)30-35-23/h3,6-7,10-14,18,22H,4-5,8-9,27H2,1-2H3,(H2,28,32)(H,29,33). The van der Waals surface area contributed by atoms with Crippen molar-refractivity contribution < 1.29 is 14.4 Å². The van der Waals surface area contributed by atoms with Crippen LogP contribution in [-0.4, -0.2) is 28.1 Å². The van der Waals surface area contributed by atoms with Gasteiger partial charge in [-0.15, -0.1) is 0 Å². The second-order valence-electron chi connectivity index (χ2n) is 8.90. The fraction of sp³-hybridized carbons (Fsp3) is 0.308. The van der Waals surface area contributed by atoms with Crippen molar-refractivity contribution >= 4 is 40.6 Å². The molecule has 4 rings (SSSR count). The number of hydrogen-bond donors (Lipinski definition) is 3. The van der Waals surface area contributed by atoms with Crippen LogP contribution in [0.1, 0.15) is 68.6 Å². The molecule has 5 N–H and O–H groups in total. The number of carbonyl (C=O) groups excluding carboxylic acids is 3. The van der Waals surface area contributed by atoms with Gasteiger partial charge in [0.1, 0.15) is 10.9 Å². The lowest BCUT2D eigenvalue weighted by atomic mass is 9.99. The Morgan fingerprint density at radius 2 is 1.71 bits per heavy atom. The Labute approximate surface area is 208 Å². The summed E-state index contributed by atoms with van der Waals surface area (Å²) in [6, 6.07) is 14.0. The van der Waals surface area contributed by atoms with E-state index in [0.717, 1.165) is 48.3 Å². The van der Waals surface area contributed by atoms with Crippen LogP contribution in [0.15, 0.2) is 48.5 Å². The molecule has 8 nitrogen and oxygen atoms in total. The molecule has 1 aromatic heterocycles. The first-order valence-corrected chi connectivity index (χ1v) is 12.4. The Balaban J connectivity index is 1.86. The molecule has 35 heavy (non-hydrogen) atoms. The first-order valence-electron chi connectivity index (χ1n) is 11.6. The van der Waals surface area contributed by atoms with Gasteiger partial charge in [0, 0.05) is 11.7 Å². The number of amides is 3. The quantitative estimate of drug-likeness (QED) is 0.461. The van der Waals surface area contributed by atoms with Crippen LogP contribution in [0.5, 0.6) is 0 Å². The summed E-state index contributed by atoms with van der Waals surface area (Å²) in [5.41, 5.74) is 14.4. The predicted octanol–water partition coefficient (Wildman–Crippen LogP) is 3.89. The van der Waals surface area contributed by atoms with Crippen molar-refractivity contribution in [2.75, 3.05) is 10.6 Å². The van der Waals surface area contributed by atoms with Gasteiger partial charge in [-0.3, -0.25) is 19.3 Å². The van der Waals surface area contributed by atoms with Crippen LogP contribution in [0.4, 0.5) is 11.4 Å². The summed E-state index contributed by atoms with van der Waals surface area (Å²) < 4.78 is 4.00. The Kier molecular flexibility index (Phi) is 7.16. The molecule has 0 aliphatic heterocycles. The summed E-state index contributed by atoms with van der Waals surface area (Å²) in [6.45, 7) is 3.84. The zero-order valence-corrected chi connectivity index (χ0v) is 20.6. The van der Waals surface area contributed by atoms with Crippen molar-refractivity contribution in [2.24, 2.45) is 5.73 Å². The molecule has 1 aliphatic carbocycles. The van der Waals surface area contributed by atoms with E-state index in [9.17, 15) is 14.4 Å². The van der Waals surface area contributed by atoms with Gasteiger partial charge < -0.3 is 16.8 Å². The maximum atomic E-state index is 14.1. The molecule has 0 saturated heterocycles. The third-order valence-electron chi connectivity index (χ3n) is 6.35. The average Bonchev–Trinajstić information content (AvgIpc) is 3.48. The van der Waals surface area contributed by atoms with E-state index in [4.69, 9.17) is 11.5 Å². The molecule has 1 saturated carbocycles. The zero-order valence-electron chi connectivity index (χ0n) is 19.8. The lowest BCUT2D eigenvalue weighted by Crippen LogP contribution is -2.46. The highest BCUT2D eigenvalue weighted by atomic mass is 32.1. The lowest BCUT2D eigenvalue weighted by molar-refractivity contribution is -0.123. The van der Waals surface area contributed by atoms with E-state index in [1.165, 1.54) is 4.90 Å². The molecule has 9 heteroatoms. The highest BCUT2D eigenvalue weighted by molar-refractivity contribution is 7.09. The molecule has 0 bridgehead atoms. The third kappa shape index (κ3) is 5.05. The van der Waals surface area contributed by atoms with E-state index in [1.54, 1.807) is 6.07 Å². The smallest absolute Gasteiger partial charge is 0.273 e. The normalized spacial score (nSPS) is 14.5. The summed E-state index contributed by atoms with van der Waals surface area (Å²) in [4.78, 5) is 41.1. The first kappa shape index (κ1) is 24.4. The number of anilines is 2. The summed E-state index contributed by atoms with van der Waals surface area (Å²) in [7, 11) is 0. The number of carbonyl (C=O) groups is 3. The van der Waals surface area contributed by atoms with Gasteiger partial charge in [-0.1, -0.05) is 60.9 Å². The first-order chi connectivity index (χ1) is 16.8. The highest BCUT2D eigenvalue weighted by Gasteiger charge is 2.37. The van der Waals surface area contributed by atoms with E-state index in [-0.39, 0.29) is 28.2 Å². The van der Waals surface area contributed by atoms with Crippen molar-refractivity contribution in [3.8, 4) is 0 Å². The minimum atomic E-state index is -0.955. The Bertz CT molecular complexity index is 1250. The molecule has 2 aromatic carbocycles. The fourth-order valence-electron chi connectivity index (χ4n) is 4.45. The minimum absolute atomic E-state index is 0.0628. The van der Waals surface area contributed by atoms with Gasteiger partial charge in [0.15, 0.2) is 5.69 Å². The van der Waals surface area contributed by atoms with Gasteiger partial charge in [0.25, 0.3) is 11.8 Å². The minimum Gasteiger partial charge on any atom is -0.395 e. The van der Waals surface area contributed by atoms with E-state index >= 15 is 0 Å². The molecule has 3 aromatic rings. The Morgan fingerprint density at radius 1 is 1.06 bits per heavy atom. The number of rotatable bonds is 7. The lowest BCUT2D eigenvalue weighted by Gasteiger charge is -2.33. The van der Waals surface area contributed by atoms with Gasteiger partial charge >= 0.3 is 0 Å². The van der Waals surface area contributed by atoms with Crippen molar-refractivity contribution in [3.05, 3.63) is 75.8 Å². The molecule has 1 heterocycles. The van der Waals surface area contributed by atoms with E-state index in [1.807, 2.05) is 56.3 Å². The number of aryl methyl sites for hydroxylation is 2. The molecule has 3 amide bonds. The topological polar surface area (TPSA) is 131 Å². The van der Waals surface area contributed by atoms with E-state index in [0.29, 0.717) is 11.3 Å². The number of aromatic nitrogens is 1. The maximum absolute atomic E-state index is 14.1. The van der Waals surface area contributed by atoms with Crippen LogP contribution >= 0.6 is 11.5 Å². The van der Waals surface area contributed by atoms with Gasteiger partial charge in [0.05, 0.1) is 5.69 Å². The predicted molar refractivity (Wildman–Crippen MR) is 137 cm³/mol. The Morgan fingerprint density at radius 3 is 2.31 bits per heavy atom. The van der Waals surface area contributed by atoms with Crippen molar-refractivity contribution in [1.82, 2.24) is 9.69 Å². The van der Waals surface area contributed by atoms with E-state index in [2.05, 4.69) is 9.69 Å². The number of nitrogens with one attached hydrogen (secondary N) is 1. The largest absolute Gasteiger partial charge is 0.395 e. The fourth-order valence-corrected chi connectivity index (χ4v) is 5.20. The average molecular weight is 492 g/mol. The summed E-state index contributed by atoms with van der Waals surface area (Å²) in [5.74, 6) is -1.60. The molecular formula is C26H29N5O3S. The molecule has 1 atom stereocenters. The van der Waals surface area contributed by atoms with Crippen LogP contribution < -0.4 is 21.7 Å². The van der Waals surface area contributed by atoms with Crippen LogP contribution in [0, 0.1) is 13.8 Å². The van der Waals surface area contributed by atoms with Gasteiger partial charge in [0.2, 0.25) is 5.91 Å². The number of nitrogen functional groups attached to an aromatic ring is 1. The number of hydrogen-bond acceptors (Lipinski definition) is 6. The van der Waals surface area contributed by atoms with Crippen molar-refractivity contribution in [2.45, 2.75) is 51.6 Å². The van der Waals surface area contributed by atoms with Gasteiger partial charge in [-0.25, -0.2) is 0 Å². The SMILES string of the molecule is Cc1ccc(C(C(=O)NC2CCCC2)N(C(=O)c2snc(C(N)=O)c2N)c2ccccc2C)cc1. The number of nitrogens with zero attached hydrogens (tertiary/aromatic N) is 2. The van der Waals surface area contributed by atoms with Crippen LogP contribution in [0.3, 0.4) is 0 Å². The van der Waals surface area contributed by atoms with E-state index < -0.39 is 17.9 Å². The van der Waals surface area contributed by atoms with Crippen LogP contribution in [0.2, 0.25) is 0 Å². The van der Waals surface area contributed by atoms with Crippen molar-refractivity contribution in [3.63, 3.8) is 0 Å². The molecular weight excluding hydrogens is 462 g/mol. The Hall–Kier alpha value is -3.72. The summed E-state index contributed by atoms with van der Waals surface area (Å²) >= 11 is 0.802. The second kappa shape index (κ2) is 10.3. The number of nitrogens with two attached hydrogens (primary N) is 2. The van der Waals surface area contributed by atoms with Gasteiger partial charge in [-0.05, 0) is 55.4 Å². The monoisotopic (exact) mass is 491 g/mol. The molecule has 182 valence electrons. The molecule has 1 unspecified atom stereocenters. The van der Waals surface area contributed by atoms with Gasteiger partial charge in [-0.2, -0.15) is 4.37 Å². The van der Waals surface area contributed by atoms with Crippen LogP contribution in [0.25, 0.3) is 0 Å². The number of para-hydroxylation sites is 1. The molecule has 0 radical (unpaired) electrons. The van der Waals surface area contributed by atoms with Crippen molar-refractivity contribution in [1.29, 1.82) is 0 Å². The maximum Gasteiger partial charge on any atom is 0.273 e. The van der Waals surface area contributed by atoms with Crippen LogP contribution in [-0.2, 0) is 4.79 Å². The molecule has 0 spiro atoms. The summed E-state index contributed by atoms with van der Waals surface area (Å²) in [5, 5.41) is 3.16. The second-order valence-corrected chi connectivity index (χ2v) is 9.68. The number of benzene rings is 2. The summed E-state index contributed by atoms with van der Waals surface area (Å²) in [6.07, 6.45) is 3.95. The third-order valence-corrected chi connectivity index (χ3v) is 7.20.